The molecule has 0 atom stereocenters. The van der Waals surface area contributed by atoms with E-state index in [1.165, 1.54) is 17.1 Å². The monoisotopic (exact) mass is 364 g/mol. The third-order valence-electron chi connectivity index (χ3n) is 4.36. The van der Waals surface area contributed by atoms with Gasteiger partial charge in [0.25, 0.3) is 23.6 Å². The van der Waals surface area contributed by atoms with Gasteiger partial charge in [0.1, 0.15) is 0 Å². The Balaban J connectivity index is 1.43. The van der Waals surface area contributed by atoms with Crippen LogP contribution in [0.15, 0.2) is 12.2 Å². The van der Waals surface area contributed by atoms with Crippen molar-refractivity contribution < 1.29 is 28.8 Å². The molecule has 0 spiro atoms. The summed E-state index contributed by atoms with van der Waals surface area (Å²) >= 11 is 0. The Labute approximate surface area is 152 Å². The van der Waals surface area contributed by atoms with Crippen LogP contribution in [-0.2, 0) is 28.8 Å². The lowest BCUT2D eigenvalue weighted by Crippen LogP contribution is -2.31. The van der Waals surface area contributed by atoms with Crippen LogP contribution in [-0.4, -0.2) is 46.1 Å². The molecule has 26 heavy (non-hydrogen) atoms. The van der Waals surface area contributed by atoms with Crippen molar-refractivity contribution in [3.63, 3.8) is 0 Å². The zero-order valence-corrected chi connectivity index (χ0v) is 14.8. The minimum Gasteiger partial charge on any atom is -0.330 e. The van der Waals surface area contributed by atoms with Gasteiger partial charge in [-0.15, -0.1) is 5.06 Å². The summed E-state index contributed by atoms with van der Waals surface area (Å²) in [7, 11) is 0. The molecule has 0 aromatic carbocycles. The summed E-state index contributed by atoms with van der Waals surface area (Å²) in [5.41, 5.74) is 0. The van der Waals surface area contributed by atoms with Crippen LogP contribution in [0.2, 0.25) is 0 Å². The van der Waals surface area contributed by atoms with Gasteiger partial charge in [0, 0.05) is 38.0 Å². The summed E-state index contributed by atoms with van der Waals surface area (Å²) in [6, 6.07) is 0. The number of imide groups is 2. The van der Waals surface area contributed by atoms with E-state index in [0.29, 0.717) is 18.0 Å². The van der Waals surface area contributed by atoms with Crippen molar-refractivity contribution in [1.82, 2.24) is 9.96 Å². The Morgan fingerprint density at radius 3 is 1.88 bits per heavy atom. The second-order valence-electron chi connectivity index (χ2n) is 6.43. The highest BCUT2D eigenvalue weighted by atomic mass is 16.7. The van der Waals surface area contributed by atoms with Gasteiger partial charge in [0.05, 0.1) is 0 Å². The van der Waals surface area contributed by atoms with Crippen molar-refractivity contribution >= 4 is 29.6 Å². The Kier molecular flexibility index (Phi) is 7.50. The summed E-state index contributed by atoms with van der Waals surface area (Å²) < 4.78 is 0. The first kappa shape index (κ1) is 19.8. The Morgan fingerprint density at radius 1 is 0.808 bits per heavy atom. The molecule has 142 valence electrons. The van der Waals surface area contributed by atoms with Crippen LogP contribution in [0, 0.1) is 0 Å². The van der Waals surface area contributed by atoms with Crippen molar-refractivity contribution in [3.05, 3.63) is 12.2 Å². The number of amides is 4. The van der Waals surface area contributed by atoms with Gasteiger partial charge in [0.15, 0.2) is 0 Å². The van der Waals surface area contributed by atoms with E-state index in [9.17, 15) is 24.0 Å². The van der Waals surface area contributed by atoms with E-state index in [1.807, 2.05) is 0 Å². The zero-order valence-electron chi connectivity index (χ0n) is 14.8. The number of hydrogen-bond acceptors (Lipinski definition) is 6. The van der Waals surface area contributed by atoms with E-state index in [-0.39, 0.29) is 31.1 Å². The van der Waals surface area contributed by atoms with E-state index in [2.05, 4.69) is 0 Å². The number of carbonyl (C=O) groups excluding carboxylic acids is 5. The van der Waals surface area contributed by atoms with Crippen LogP contribution in [0.3, 0.4) is 0 Å². The standard InChI is InChI=1S/C18H24N2O6/c21-14-9-10-15(22)19(14)13-7-5-3-1-2-4-6-8-18(25)26-20-16(23)11-12-17(20)24/h9-10H,1-8,11-13H2. The van der Waals surface area contributed by atoms with Crippen molar-refractivity contribution in [2.24, 2.45) is 0 Å². The first-order chi connectivity index (χ1) is 12.5. The molecule has 1 saturated heterocycles. The zero-order chi connectivity index (χ0) is 18.9. The Hall–Kier alpha value is -2.51. The van der Waals surface area contributed by atoms with Gasteiger partial charge in [0.2, 0.25) is 0 Å². The van der Waals surface area contributed by atoms with Gasteiger partial charge < -0.3 is 4.84 Å². The van der Waals surface area contributed by atoms with Crippen LogP contribution in [0.4, 0.5) is 0 Å². The van der Waals surface area contributed by atoms with E-state index >= 15 is 0 Å². The molecule has 2 aliphatic rings. The summed E-state index contributed by atoms with van der Waals surface area (Å²) in [6.07, 6.45) is 9.21. The van der Waals surface area contributed by atoms with E-state index < -0.39 is 17.8 Å². The molecule has 8 heteroatoms. The minimum atomic E-state index is -0.554. The summed E-state index contributed by atoms with van der Waals surface area (Å²) in [5, 5.41) is 0.577. The molecule has 1 fully saturated rings. The molecule has 4 amide bonds. The summed E-state index contributed by atoms with van der Waals surface area (Å²) in [6.45, 7) is 0.463. The van der Waals surface area contributed by atoms with Crippen LogP contribution in [0.1, 0.15) is 64.2 Å². The molecule has 0 aromatic heterocycles. The average molecular weight is 364 g/mol. The van der Waals surface area contributed by atoms with E-state index in [0.717, 1.165) is 38.5 Å². The minimum absolute atomic E-state index is 0.0999. The molecule has 0 aliphatic carbocycles. The maximum Gasteiger partial charge on any atom is 0.333 e. The average Bonchev–Trinajstić information content (AvgIpc) is 3.10. The van der Waals surface area contributed by atoms with Gasteiger partial charge in [-0.1, -0.05) is 32.1 Å². The number of rotatable bonds is 11. The maximum atomic E-state index is 11.6. The third-order valence-corrected chi connectivity index (χ3v) is 4.36. The molecule has 0 aromatic rings. The molecule has 2 heterocycles. The highest BCUT2D eigenvalue weighted by Gasteiger charge is 2.32. The normalized spacial score (nSPS) is 16.9. The molecule has 0 bridgehead atoms. The predicted octanol–water partition coefficient (Wildman–Crippen LogP) is 1.64. The molecular formula is C18H24N2O6. The number of hydroxylamine groups is 2. The van der Waals surface area contributed by atoms with E-state index in [1.54, 1.807) is 0 Å². The molecule has 0 unspecified atom stereocenters. The fraction of sp³-hybridized carbons (Fsp3) is 0.611. The summed E-state index contributed by atoms with van der Waals surface area (Å²) in [5.74, 6) is -1.95. The number of carbonyl (C=O) groups is 5. The lowest BCUT2D eigenvalue weighted by atomic mass is 10.1. The predicted molar refractivity (Wildman–Crippen MR) is 90.0 cm³/mol. The van der Waals surface area contributed by atoms with Gasteiger partial charge in [-0.25, -0.2) is 4.79 Å². The number of unbranched alkanes of at least 4 members (excludes halogenated alkanes) is 6. The summed E-state index contributed by atoms with van der Waals surface area (Å²) in [4.78, 5) is 63.0. The molecule has 8 nitrogen and oxygen atoms in total. The smallest absolute Gasteiger partial charge is 0.330 e. The third kappa shape index (κ3) is 5.79. The van der Waals surface area contributed by atoms with Crippen molar-refractivity contribution in [2.45, 2.75) is 64.2 Å². The second-order valence-corrected chi connectivity index (χ2v) is 6.43. The van der Waals surface area contributed by atoms with Crippen LogP contribution in [0.25, 0.3) is 0 Å². The Bertz CT molecular complexity index is 579. The largest absolute Gasteiger partial charge is 0.333 e. The van der Waals surface area contributed by atoms with Crippen LogP contribution >= 0.6 is 0 Å². The van der Waals surface area contributed by atoms with Crippen LogP contribution < -0.4 is 0 Å². The van der Waals surface area contributed by atoms with Gasteiger partial charge >= 0.3 is 5.97 Å². The first-order valence-electron chi connectivity index (χ1n) is 9.09. The fourth-order valence-corrected chi connectivity index (χ4v) is 2.88. The lowest BCUT2D eigenvalue weighted by Gasteiger charge is -2.13. The number of nitrogens with zero attached hydrogens (tertiary/aromatic N) is 2. The SMILES string of the molecule is O=C(CCCCCCCCCN1C(=O)C=CC1=O)ON1C(=O)CCC1=O. The quantitative estimate of drug-likeness (QED) is 0.408. The molecular weight excluding hydrogens is 340 g/mol. The second kappa shape index (κ2) is 9.84. The fourth-order valence-electron chi connectivity index (χ4n) is 2.88. The molecule has 0 radical (unpaired) electrons. The van der Waals surface area contributed by atoms with Crippen LogP contribution in [0.5, 0.6) is 0 Å². The van der Waals surface area contributed by atoms with Gasteiger partial charge in [-0.05, 0) is 12.8 Å². The topological polar surface area (TPSA) is 101 Å². The maximum absolute atomic E-state index is 11.6. The molecule has 2 aliphatic heterocycles. The van der Waals surface area contributed by atoms with Gasteiger partial charge in [-0.2, -0.15) is 0 Å². The Morgan fingerprint density at radius 2 is 1.31 bits per heavy atom. The van der Waals surface area contributed by atoms with Crippen molar-refractivity contribution in [1.29, 1.82) is 0 Å². The molecule has 0 saturated carbocycles. The lowest BCUT2D eigenvalue weighted by molar-refractivity contribution is -0.197. The first-order valence-corrected chi connectivity index (χ1v) is 9.09. The van der Waals surface area contributed by atoms with Gasteiger partial charge in [-0.3, -0.25) is 24.1 Å². The highest BCUT2D eigenvalue weighted by Crippen LogP contribution is 2.14. The van der Waals surface area contributed by atoms with Crippen molar-refractivity contribution in [3.8, 4) is 0 Å². The van der Waals surface area contributed by atoms with E-state index in [4.69, 9.17) is 4.84 Å². The van der Waals surface area contributed by atoms with Crippen molar-refractivity contribution in [2.75, 3.05) is 6.54 Å². The molecule has 2 rings (SSSR count). The number of hydrogen-bond donors (Lipinski definition) is 0. The molecule has 0 N–H and O–H groups in total. The highest BCUT2D eigenvalue weighted by molar-refractivity contribution is 6.12.